The number of ether oxygens (including phenoxy) is 1. The van der Waals surface area contributed by atoms with Crippen molar-refractivity contribution in [1.29, 1.82) is 0 Å². The van der Waals surface area contributed by atoms with Crippen LogP contribution in [0.1, 0.15) is 64.0 Å². The summed E-state index contributed by atoms with van der Waals surface area (Å²) in [5.41, 5.74) is 1.32. The van der Waals surface area contributed by atoms with Gasteiger partial charge in [0.1, 0.15) is 5.75 Å². The zero-order chi connectivity index (χ0) is 15.1. The SMILES string of the molecule is CCCCC(CC)CNC1CCCOc2cc(Br)ccc21. The molecule has 0 bridgehead atoms. The Labute approximate surface area is 137 Å². The van der Waals surface area contributed by atoms with Gasteiger partial charge in [0.15, 0.2) is 0 Å². The lowest BCUT2D eigenvalue weighted by Crippen LogP contribution is -2.27. The van der Waals surface area contributed by atoms with E-state index in [0.717, 1.165) is 35.7 Å². The van der Waals surface area contributed by atoms with Gasteiger partial charge in [-0.05, 0) is 43.9 Å². The number of hydrogen-bond donors (Lipinski definition) is 1. The Morgan fingerprint density at radius 3 is 3.00 bits per heavy atom. The lowest BCUT2D eigenvalue weighted by Gasteiger charge is -2.22. The van der Waals surface area contributed by atoms with Gasteiger partial charge in [0.25, 0.3) is 0 Å². The van der Waals surface area contributed by atoms with Gasteiger partial charge in [-0.15, -0.1) is 0 Å². The monoisotopic (exact) mass is 353 g/mol. The summed E-state index contributed by atoms with van der Waals surface area (Å²) in [5, 5.41) is 3.80. The van der Waals surface area contributed by atoms with Gasteiger partial charge in [0.2, 0.25) is 0 Å². The van der Waals surface area contributed by atoms with E-state index in [0.29, 0.717) is 6.04 Å². The average Bonchev–Trinajstić information content (AvgIpc) is 2.69. The molecule has 2 atom stereocenters. The minimum Gasteiger partial charge on any atom is -0.493 e. The van der Waals surface area contributed by atoms with E-state index in [9.17, 15) is 0 Å². The highest BCUT2D eigenvalue weighted by Gasteiger charge is 2.20. The maximum Gasteiger partial charge on any atom is 0.125 e. The molecule has 0 radical (unpaired) electrons. The van der Waals surface area contributed by atoms with E-state index in [1.165, 1.54) is 37.7 Å². The van der Waals surface area contributed by atoms with Crippen LogP contribution in [0.15, 0.2) is 22.7 Å². The zero-order valence-corrected chi connectivity index (χ0v) is 14.9. The molecule has 2 unspecified atom stereocenters. The summed E-state index contributed by atoms with van der Waals surface area (Å²) in [6.07, 6.45) is 7.54. The molecule has 21 heavy (non-hydrogen) atoms. The van der Waals surface area contributed by atoms with Gasteiger partial charge in [-0.1, -0.05) is 55.1 Å². The number of unbranched alkanes of at least 4 members (excludes halogenated alkanes) is 1. The second-order valence-electron chi connectivity index (χ2n) is 6.05. The number of rotatable bonds is 7. The molecule has 3 heteroatoms. The van der Waals surface area contributed by atoms with Crippen molar-refractivity contribution in [2.75, 3.05) is 13.2 Å². The standard InChI is InChI=1S/C18H28BrNO/c1-3-5-7-14(4-2)13-20-17-8-6-11-21-18-12-15(19)9-10-16(17)18/h9-10,12,14,17,20H,3-8,11,13H2,1-2H3. The Balaban J connectivity index is 1.99. The van der Waals surface area contributed by atoms with Crippen molar-refractivity contribution in [2.45, 2.75) is 58.4 Å². The molecule has 0 spiro atoms. The summed E-state index contributed by atoms with van der Waals surface area (Å²) in [5.74, 6) is 1.84. The maximum absolute atomic E-state index is 5.89. The van der Waals surface area contributed by atoms with Gasteiger partial charge in [0, 0.05) is 16.1 Å². The molecule has 1 heterocycles. The molecule has 2 nitrogen and oxygen atoms in total. The van der Waals surface area contributed by atoms with Crippen molar-refractivity contribution in [3.63, 3.8) is 0 Å². The van der Waals surface area contributed by atoms with Crippen molar-refractivity contribution in [1.82, 2.24) is 5.32 Å². The fourth-order valence-corrected chi connectivity index (χ4v) is 3.35. The van der Waals surface area contributed by atoms with Crippen LogP contribution in [0.3, 0.4) is 0 Å². The average molecular weight is 354 g/mol. The van der Waals surface area contributed by atoms with Crippen LogP contribution < -0.4 is 10.1 Å². The molecule has 1 N–H and O–H groups in total. The summed E-state index contributed by atoms with van der Waals surface area (Å²) in [6.45, 7) is 6.53. The van der Waals surface area contributed by atoms with Crippen molar-refractivity contribution < 1.29 is 4.74 Å². The molecule has 1 aliphatic rings. The highest BCUT2D eigenvalue weighted by molar-refractivity contribution is 9.10. The van der Waals surface area contributed by atoms with Crippen molar-refractivity contribution in [3.05, 3.63) is 28.2 Å². The number of fused-ring (bicyclic) bond motifs is 1. The van der Waals surface area contributed by atoms with Gasteiger partial charge < -0.3 is 10.1 Å². The van der Waals surface area contributed by atoms with E-state index in [2.05, 4.69) is 53.3 Å². The molecule has 1 aromatic carbocycles. The van der Waals surface area contributed by atoms with Gasteiger partial charge in [-0.3, -0.25) is 0 Å². The number of benzene rings is 1. The van der Waals surface area contributed by atoms with Crippen LogP contribution >= 0.6 is 15.9 Å². The fourth-order valence-electron chi connectivity index (χ4n) is 3.01. The molecule has 1 aromatic rings. The third-order valence-corrected chi connectivity index (χ3v) is 4.94. The van der Waals surface area contributed by atoms with Crippen LogP contribution in [0, 0.1) is 5.92 Å². The summed E-state index contributed by atoms with van der Waals surface area (Å²) >= 11 is 3.54. The quantitative estimate of drug-likeness (QED) is 0.701. The second-order valence-corrected chi connectivity index (χ2v) is 6.97. The van der Waals surface area contributed by atoms with Crippen LogP contribution in [-0.4, -0.2) is 13.2 Å². The predicted octanol–water partition coefficient (Wildman–Crippen LogP) is 5.47. The number of nitrogens with one attached hydrogen (secondary N) is 1. The normalized spacial score (nSPS) is 19.5. The molecule has 0 amide bonds. The minimum atomic E-state index is 0.436. The first-order chi connectivity index (χ1) is 10.2. The highest BCUT2D eigenvalue weighted by Crippen LogP contribution is 2.33. The molecule has 0 aliphatic carbocycles. The van der Waals surface area contributed by atoms with E-state index < -0.39 is 0 Å². The highest BCUT2D eigenvalue weighted by atomic mass is 79.9. The molecule has 0 aromatic heterocycles. The topological polar surface area (TPSA) is 21.3 Å². The maximum atomic E-state index is 5.89. The van der Waals surface area contributed by atoms with Crippen LogP contribution in [0.5, 0.6) is 5.75 Å². The first-order valence-corrected chi connectivity index (χ1v) is 9.19. The zero-order valence-electron chi connectivity index (χ0n) is 13.3. The lowest BCUT2D eigenvalue weighted by atomic mass is 9.97. The van der Waals surface area contributed by atoms with Crippen molar-refractivity contribution in [2.24, 2.45) is 5.92 Å². The Bertz CT molecular complexity index is 435. The largest absolute Gasteiger partial charge is 0.493 e. The van der Waals surface area contributed by atoms with Gasteiger partial charge in [0.05, 0.1) is 6.61 Å². The molecule has 118 valence electrons. The van der Waals surface area contributed by atoms with E-state index in [-0.39, 0.29) is 0 Å². The van der Waals surface area contributed by atoms with E-state index in [4.69, 9.17) is 4.74 Å². The Hall–Kier alpha value is -0.540. The molecular weight excluding hydrogens is 326 g/mol. The molecular formula is C18H28BrNO. The second kappa shape index (κ2) is 8.79. The Kier molecular flexibility index (Phi) is 7.05. The Morgan fingerprint density at radius 1 is 1.38 bits per heavy atom. The third kappa shape index (κ3) is 5.00. The molecule has 2 rings (SSSR count). The molecule has 0 fully saturated rings. The van der Waals surface area contributed by atoms with Gasteiger partial charge in [-0.25, -0.2) is 0 Å². The van der Waals surface area contributed by atoms with Crippen LogP contribution in [0.4, 0.5) is 0 Å². The van der Waals surface area contributed by atoms with E-state index in [1.54, 1.807) is 0 Å². The number of hydrogen-bond acceptors (Lipinski definition) is 2. The summed E-state index contributed by atoms with van der Waals surface area (Å²) in [6, 6.07) is 6.86. The summed E-state index contributed by atoms with van der Waals surface area (Å²) in [7, 11) is 0. The Morgan fingerprint density at radius 2 is 2.24 bits per heavy atom. The number of halogens is 1. The summed E-state index contributed by atoms with van der Waals surface area (Å²) in [4.78, 5) is 0. The van der Waals surface area contributed by atoms with Crippen LogP contribution in [0.2, 0.25) is 0 Å². The van der Waals surface area contributed by atoms with Crippen molar-refractivity contribution in [3.8, 4) is 5.75 Å². The predicted molar refractivity (Wildman–Crippen MR) is 92.9 cm³/mol. The van der Waals surface area contributed by atoms with Gasteiger partial charge >= 0.3 is 0 Å². The minimum absolute atomic E-state index is 0.436. The smallest absolute Gasteiger partial charge is 0.125 e. The van der Waals surface area contributed by atoms with E-state index >= 15 is 0 Å². The van der Waals surface area contributed by atoms with E-state index in [1.807, 2.05) is 0 Å². The van der Waals surface area contributed by atoms with Gasteiger partial charge in [-0.2, -0.15) is 0 Å². The first-order valence-electron chi connectivity index (χ1n) is 8.40. The lowest BCUT2D eigenvalue weighted by molar-refractivity contribution is 0.314. The third-order valence-electron chi connectivity index (χ3n) is 4.44. The van der Waals surface area contributed by atoms with Crippen LogP contribution in [-0.2, 0) is 0 Å². The molecule has 0 saturated carbocycles. The molecule has 0 saturated heterocycles. The summed E-state index contributed by atoms with van der Waals surface area (Å²) < 4.78 is 6.98. The first kappa shape index (κ1) is 16.8. The van der Waals surface area contributed by atoms with Crippen molar-refractivity contribution >= 4 is 15.9 Å². The fraction of sp³-hybridized carbons (Fsp3) is 0.667. The van der Waals surface area contributed by atoms with Crippen LogP contribution in [0.25, 0.3) is 0 Å². The molecule has 1 aliphatic heterocycles.